The molecule has 1 aliphatic rings. The molecule has 11 heteroatoms. The first-order valence-corrected chi connectivity index (χ1v) is 12.0. The summed E-state index contributed by atoms with van der Waals surface area (Å²) in [5.41, 5.74) is 1.29. The van der Waals surface area contributed by atoms with Gasteiger partial charge in [-0.05, 0) is 53.7 Å². The van der Waals surface area contributed by atoms with Gasteiger partial charge in [-0.1, -0.05) is 53.0 Å². The van der Waals surface area contributed by atoms with Crippen LogP contribution in [0, 0.1) is 0 Å². The lowest BCUT2D eigenvalue weighted by Crippen LogP contribution is -2.27. The number of methoxy groups -OCH3 is 1. The van der Waals surface area contributed by atoms with Gasteiger partial charge in [0.1, 0.15) is 12.4 Å². The fourth-order valence-corrected chi connectivity index (χ4v) is 4.82. The molecule has 0 N–H and O–H groups in total. The Morgan fingerprint density at radius 3 is 2.46 bits per heavy atom. The predicted octanol–water partition coefficient (Wildman–Crippen LogP) is 6.84. The molecule has 0 radical (unpaired) electrons. The van der Waals surface area contributed by atoms with Gasteiger partial charge in [0.2, 0.25) is 5.76 Å². The molecule has 0 unspecified atom stereocenters. The summed E-state index contributed by atoms with van der Waals surface area (Å²) in [6.45, 7) is 0.0388. The lowest BCUT2D eigenvalue weighted by molar-refractivity contribution is -0.123. The van der Waals surface area contributed by atoms with Gasteiger partial charge in [0.05, 0.1) is 28.6 Å². The molecule has 1 fully saturated rings. The van der Waals surface area contributed by atoms with Crippen LogP contribution in [0.4, 0.5) is 4.79 Å². The van der Waals surface area contributed by atoms with Crippen molar-refractivity contribution in [2.75, 3.05) is 7.11 Å². The molecule has 1 aliphatic heterocycles. The molecule has 1 aromatic heterocycles. The molecule has 0 spiro atoms. The molecule has 0 saturated carbocycles. The third-order valence-electron chi connectivity index (χ3n) is 4.88. The summed E-state index contributed by atoms with van der Waals surface area (Å²) in [6, 6.07) is 13.3. The molecule has 0 aliphatic carbocycles. The summed E-state index contributed by atoms with van der Waals surface area (Å²) in [5.74, 6) is -0.649. The maximum Gasteiger partial charge on any atom is 0.373 e. The van der Waals surface area contributed by atoms with Crippen molar-refractivity contribution < 1.29 is 28.3 Å². The number of rotatable bonds is 7. The number of benzene rings is 2. The second-order valence-corrected chi connectivity index (χ2v) is 9.43. The van der Waals surface area contributed by atoms with Crippen LogP contribution in [-0.4, -0.2) is 29.1 Å². The summed E-state index contributed by atoms with van der Waals surface area (Å²) < 4.78 is 15.7. The molecule has 2 amide bonds. The van der Waals surface area contributed by atoms with Crippen LogP contribution in [0.25, 0.3) is 6.08 Å². The van der Waals surface area contributed by atoms with Crippen LogP contribution in [-0.2, 0) is 22.7 Å². The Labute approximate surface area is 219 Å². The van der Waals surface area contributed by atoms with E-state index >= 15 is 0 Å². The van der Waals surface area contributed by atoms with E-state index < -0.39 is 17.1 Å². The van der Waals surface area contributed by atoms with Crippen LogP contribution in [0.5, 0.6) is 5.75 Å². The number of thioether (sulfide) groups is 1. The molecule has 180 valence electrons. The maximum atomic E-state index is 12.8. The average Bonchev–Trinajstić information content (AvgIpc) is 3.39. The highest BCUT2D eigenvalue weighted by Crippen LogP contribution is 2.38. The van der Waals surface area contributed by atoms with Crippen molar-refractivity contribution in [1.29, 1.82) is 0 Å². The van der Waals surface area contributed by atoms with Crippen molar-refractivity contribution in [3.05, 3.63) is 91.2 Å². The van der Waals surface area contributed by atoms with E-state index in [0.29, 0.717) is 10.6 Å². The van der Waals surface area contributed by atoms with E-state index in [1.807, 2.05) is 18.2 Å². The van der Waals surface area contributed by atoms with Crippen molar-refractivity contribution in [2.24, 2.45) is 0 Å². The number of hydrogen-bond acceptors (Lipinski definition) is 7. The van der Waals surface area contributed by atoms with Gasteiger partial charge < -0.3 is 13.9 Å². The SMILES string of the molecule is COC(=O)c1ccc(CN2C(=O)S/C(=C/c3cc(Cl)c(OCc4ccccc4Cl)c(Cl)c3)C2=O)o1. The Morgan fingerprint density at radius 1 is 1.06 bits per heavy atom. The van der Waals surface area contributed by atoms with Crippen LogP contribution in [0.15, 0.2) is 57.9 Å². The summed E-state index contributed by atoms with van der Waals surface area (Å²) in [7, 11) is 1.22. The van der Waals surface area contributed by atoms with E-state index in [-0.39, 0.29) is 45.4 Å². The van der Waals surface area contributed by atoms with Gasteiger partial charge in [0.25, 0.3) is 11.1 Å². The Bertz CT molecular complexity index is 1330. The molecule has 7 nitrogen and oxygen atoms in total. The number of hydrogen-bond donors (Lipinski definition) is 0. The number of halogens is 3. The first-order valence-electron chi connectivity index (χ1n) is 10.0. The normalized spacial score (nSPS) is 14.6. The summed E-state index contributed by atoms with van der Waals surface area (Å²) in [5, 5.41) is 0.555. The number of nitrogens with zero attached hydrogens (tertiary/aromatic N) is 1. The first-order chi connectivity index (χ1) is 16.8. The van der Waals surface area contributed by atoms with Crippen molar-refractivity contribution >= 4 is 69.8 Å². The minimum Gasteiger partial charge on any atom is -0.486 e. The maximum absolute atomic E-state index is 12.8. The molecule has 0 atom stereocenters. The summed E-state index contributed by atoms with van der Waals surface area (Å²) in [4.78, 5) is 38.0. The van der Waals surface area contributed by atoms with Gasteiger partial charge in [-0.25, -0.2) is 4.79 Å². The van der Waals surface area contributed by atoms with E-state index in [4.69, 9.17) is 44.0 Å². The number of esters is 1. The Hall–Kier alpha value is -2.91. The minimum atomic E-state index is -0.654. The monoisotopic (exact) mass is 551 g/mol. The third kappa shape index (κ3) is 5.67. The van der Waals surface area contributed by atoms with E-state index in [1.165, 1.54) is 25.3 Å². The number of amides is 2. The Balaban J connectivity index is 1.48. The zero-order valence-corrected chi connectivity index (χ0v) is 21.1. The van der Waals surface area contributed by atoms with Gasteiger partial charge in [-0.2, -0.15) is 0 Å². The molecule has 4 rings (SSSR count). The first kappa shape index (κ1) is 25.2. The lowest BCUT2D eigenvalue weighted by Gasteiger charge is -2.12. The number of imide groups is 1. The fourth-order valence-electron chi connectivity index (χ4n) is 3.18. The fraction of sp³-hybridized carbons (Fsp3) is 0.125. The van der Waals surface area contributed by atoms with Gasteiger partial charge in [0.15, 0.2) is 5.75 Å². The second kappa shape index (κ2) is 10.8. The zero-order valence-electron chi connectivity index (χ0n) is 18.0. The van der Waals surface area contributed by atoms with Gasteiger partial charge in [-0.15, -0.1) is 0 Å². The van der Waals surface area contributed by atoms with Gasteiger partial charge in [-0.3, -0.25) is 14.5 Å². The standard InChI is InChI=1S/C24H16Cl3NO6S/c1-32-23(30)19-7-6-15(34-19)11-28-22(29)20(35-24(28)31)10-13-8-17(26)21(18(27)9-13)33-12-14-4-2-3-5-16(14)25/h2-10H,11-12H2,1H3/b20-10+. The van der Waals surface area contributed by atoms with Crippen LogP contribution < -0.4 is 4.74 Å². The zero-order chi connectivity index (χ0) is 25.1. The topological polar surface area (TPSA) is 86.0 Å². The summed E-state index contributed by atoms with van der Waals surface area (Å²) in [6.07, 6.45) is 1.52. The molecule has 1 saturated heterocycles. The number of ether oxygens (including phenoxy) is 2. The molecular weight excluding hydrogens is 537 g/mol. The Kier molecular flexibility index (Phi) is 7.76. The highest BCUT2D eigenvalue weighted by Gasteiger charge is 2.36. The van der Waals surface area contributed by atoms with Crippen LogP contribution in [0.1, 0.15) is 27.4 Å². The Morgan fingerprint density at radius 2 is 1.77 bits per heavy atom. The number of carbonyl (C=O) groups is 3. The van der Waals surface area contributed by atoms with Gasteiger partial charge >= 0.3 is 5.97 Å². The molecular formula is C24H16Cl3NO6S. The molecule has 2 heterocycles. The predicted molar refractivity (Wildman–Crippen MR) is 134 cm³/mol. The van der Waals surface area contributed by atoms with Crippen LogP contribution >= 0.6 is 46.6 Å². The second-order valence-electron chi connectivity index (χ2n) is 7.22. The lowest BCUT2D eigenvalue weighted by atomic mass is 10.2. The molecule has 2 aromatic carbocycles. The average molecular weight is 553 g/mol. The minimum absolute atomic E-state index is 0.0221. The summed E-state index contributed by atoms with van der Waals surface area (Å²) >= 11 is 19.7. The van der Waals surface area contributed by atoms with E-state index in [2.05, 4.69) is 4.74 Å². The number of furan rings is 1. The van der Waals surface area contributed by atoms with Crippen LogP contribution in [0.3, 0.4) is 0 Å². The molecule has 0 bridgehead atoms. The smallest absolute Gasteiger partial charge is 0.373 e. The van der Waals surface area contributed by atoms with E-state index in [9.17, 15) is 14.4 Å². The van der Waals surface area contributed by atoms with E-state index in [0.717, 1.165) is 22.2 Å². The van der Waals surface area contributed by atoms with Gasteiger partial charge in [0, 0.05) is 10.6 Å². The number of carbonyl (C=O) groups excluding carboxylic acids is 3. The van der Waals surface area contributed by atoms with Crippen molar-refractivity contribution in [3.63, 3.8) is 0 Å². The molecule has 35 heavy (non-hydrogen) atoms. The van der Waals surface area contributed by atoms with Crippen molar-refractivity contribution in [1.82, 2.24) is 4.90 Å². The van der Waals surface area contributed by atoms with Crippen molar-refractivity contribution in [3.8, 4) is 5.75 Å². The van der Waals surface area contributed by atoms with Crippen molar-refractivity contribution in [2.45, 2.75) is 13.2 Å². The highest BCUT2D eigenvalue weighted by atomic mass is 35.5. The van der Waals surface area contributed by atoms with Crippen LogP contribution in [0.2, 0.25) is 15.1 Å². The molecule has 3 aromatic rings. The third-order valence-corrected chi connectivity index (χ3v) is 6.72. The largest absolute Gasteiger partial charge is 0.486 e. The quantitative estimate of drug-likeness (QED) is 0.234. The van der Waals surface area contributed by atoms with E-state index in [1.54, 1.807) is 18.2 Å². The highest BCUT2D eigenvalue weighted by molar-refractivity contribution is 8.18.